The van der Waals surface area contributed by atoms with Crippen LogP contribution in [0.2, 0.25) is 0 Å². The van der Waals surface area contributed by atoms with E-state index in [0.717, 1.165) is 16.7 Å². The average Bonchev–Trinajstić information content (AvgIpc) is 3.13. The van der Waals surface area contributed by atoms with Crippen LogP contribution in [-0.4, -0.2) is 42.3 Å². The van der Waals surface area contributed by atoms with E-state index in [9.17, 15) is 14.9 Å². The van der Waals surface area contributed by atoms with Crippen molar-refractivity contribution in [2.45, 2.75) is 33.5 Å². The first-order chi connectivity index (χ1) is 11.3. The van der Waals surface area contributed by atoms with E-state index in [1.807, 2.05) is 13.1 Å². The second kappa shape index (κ2) is 7.56. The normalized spacial score (nSPS) is 12.2. The van der Waals surface area contributed by atoms with Crippen molar-refractivity contribution < 1.29 is 9.72 Å². The summed E-state index contributed by atoms with van der Waals surface area (Å²) in [6.45, 7) is 5.18. The number of aromatic nitrogens is 4. The Morgan fingerprint density at radius 1 is 1.46 bits per heavy atom. The number of aryl methyl sites for hydroxylation is 1. The van der Waals surface area contributed by atoms with E-state index in [1.54, 1.807) is 23.6 Å². The van der Waals surface area contributed by atoms with E-state index < -0.39 is 4.92 Å². The van der Waals surface area contributed by atoms with E-state index in [2.05, 4.69) is 26.1 Å². The van der Waals surface area contributed by atoms with E-state index in [4.69, 9.17) is 0 Å². The molecule has 0 aliphatic rings. The molecule has 2 rings (SSSR count). The van der Waals surface area contributed by atoms with Gasteiger partial charge in [-0.3, -0.25) is 24.3 Å². The third-order valence-electron chi connectivity index (χ3n) is 3.59. The number of amides is 1. The predicted molar refractivity (Wildman–Crippen MR) is 90.1 cm³/mol. The quantitative estimate of drug-likeness (QED) is 0.524. The predicted octanol–water partition coefficient (Wildman–Crippen LogP) is 2.06. The molecule has 2 heterocycles. The van der Waals surface area contributed by atoms with Crippen LogP contribution < -0.4 is 0 Å². The van der Waals surface area contributed by atoms with Gasteiger partial charge in [0.2, 0.25) is 5.91 Å². The van der Waals surface area contributed by atoms with Crippen LogP contribution in [0.4, 0.5) is 5.69 Å². The van der Waals surface area contributed by atoms with Crippen LogP contribution in [0.5, 0.6) is 0 Å². The summed E-state index contributed by atoms with van der Waals surface area (Å²) in [5.74, 6) is -0.437. The van der Waals surface area contributed by atoms with Crippen molar-refractivity contribution >= 4 is 27.5 Å². The molecular formula is C14H19BrN6O3. The molecule has 2 aromatic heterocycles. The summed E-state index contributed by atoms with van der Waals surface area (Å²) in [4.78, 5) is 24.2. The van der Waals surface area contributed by atoms with Gasteiger partial charge >= 0.3 is 5.69 Å². The summed E-state index contributed by atoms with van der Waals surface area (Å²) in [6.07, 6.45) is 4.37. The Morgan fingerprint density at radius 3 is 2.71 bits per heavy atom. The molecule has 0 radical (unpaired) electrons. The molecule has 24 heavy (non-hydrogen) atoms. The van der Waals surface area contributed by atoms with Gasteiger partial charge in [-0.15, -0.1) is 0 Å². The van der Waals surface area contributed by atoms with Crippen LogP contribution in [0.15, 0.2) is 23.1 Å². The monoisotopic (exact) mass is 398 g/mol. The highest BCUT2D eigenvalue weighted by molar-refractivity contribution is 9.10. The van der Waals surface area contributed by atoms with Crippen molar-refractivity contribution in [1.29, 1.82) is 0 Å². The van der Waals surface area contributed by atoms with Gasteiger partial charge in [-0.1, -0.05) is 6.92 Å². The molecule has 1 amide bonds. The number of carbonyl (C=O) groups excluding carboxylic acids is 1. The first-order valence-corrected chi connectivity index (χ1v) is 8.24. The molecule has 0 aliphatic carbocycles. The van der Waals surface area contributed by atoms with Crippen LogP contribution in [0.1, 0.15) is 19.5 Å². The Bertz CT molecular complexity index is 741. The molecule has 0 aromatic carbocycles. The van der Waals surface area contributed by atoms with Gasteiger partial charge in [0, 0.05) is 19.8 Å². The fourth-order valence-corrected chi connectivity index (χ4v) is 2.73. The zero-order valence-corrected chi connectivity index (χ0v) is 15.3. The van der Waals surface area contributed by atoms with Crippen LogP contribution in [0.3, 0.4) is 0 Å². The summed E-state index contributed by atoms with van der Waals surface area (Å²) in [5, 5.41) is 19.0. The van der Waals surface area contributed by atoms with Crippen LogP contribution >= 0.6 is 15.9 Å². The number of carbonyl (C=O) groups is 1. The minimum absolute atomic E-state index is 0.0777. The Hall–Kier alpha value is -2.23. The standard InChI is InChI=1S/C14H19BrN6O3/c1-4-19-8-12(15)13(17-19)9-18(3)14(22)10(2)6-20-7-11(5-16-20)21(23)24/h5,7-8,10H,4,6,9H2,1-3H3. The van der Waals surface area contributed by atoms with Gasteiger partial charge in [0.15, 0.2) is 0 Å². The van der Waals surface area contributed by atoms with Crippen LogP contribution in [-0.2, 0) is 24.4 Å². The minimum Gasteiger partial charge on any atom is -0.339 e. The first kappa shape index (κ1) is 18.1. The molecule has 0 saturated carbocycles. The molecule has 9 nitrogen and oxygen atoms in total. The number of hydrogen-bond acceptors (Lipinski definition) is 5. The molecular weight excluding hydrogens is 380 g/mol. The molecule has 1 unspecified atom stereocenters. The van der Waals surface area contributed by atoms with E-state index in [-0.39, 0.29) is 24.1 Å². The Kier molecular flexibility index (Phi) is 5.71. The molecule has 10 heteroatoms. The zero-order chi connectivity index (χ0) is 17.9. The van der Waals surface area contributed by atoms with Crippen molar-refractivity contribution in [3.8, 4) is 0 Å². The summed E-state index contributed by atoms with van der Waals surface area (Å²) in [5.41, 5.74) is 0.701. The van der Waals surface area contributed by atoms with Crippen LogP contribution in [0, 0.1) is 16.0 Å². The molecule has 1 atom stereocenters. The lowest BCUT2D eigenvalue weighted by Crippen LogP contribution is -2.33. The maximum Gasteiger partial charge on any atom is 0.306 e. The Balaban J connectivity index is 1.98. The maximum absolute atomic E-state index is 12.5. The zero-order valence-electron chi connectivity index (χ0n) is 13.7. The first-order valence-electron chi connectivity index (χ1n) is 7.45. The third-order valence-corrected chi connectivity index (χ3v) is 4.25. The topological polar surface area (TPSA) is 99.1 Å². The van der Waals surface area contributed by atoms with Gasteiger partial charge < -0.3 is 4.90 Å². The fourth-order valence-electron chi connectivity index (χ4n) is 2.29. The number of hydrogen-bond donors (Lipinski definition) is 0. The Labute approximate surface area is 147 Å². The van der Waals surface area contributed by atoms with Crippen molar-refractivity contribution in [3.63, 3.8) is 0 Å². The largest absolute Gasteiger partial charge is 0.339 e. The van der Waals surface area contributed by atoms with Gasteiger partial charge in [0.25, 0.3) is 0 Å². The lowest BCUT2D eigenvalue weighted by atomic mass is 10.1. The van der Waals surface area contributed by atoms with Crippen molar-refractivity contribution in [2.75, 3.05) is 7.05 Å². The summed E-state index contributed by atoms with van der Waals surface area (Å²) in [7, 11) is 1.71. The van der Waals surface area contributed by atoms with Crippen LogP contribution in [0.25, 0.3) is 0 Å². The van der Waals surface area contributed by atoms with Crippen molar-refractivity contribution in [1.82, 2.24) is 24.5 Å². The van der Waals surface area contributed by atoms with Crippen molar-refractivity contribution in [2.24, 2.45) is 5.92 Å². The fraction of sp³-hybridized carbons (Fsp3) is 0.500. The lowest BCUT2D eigenvalue weighted by molar-refractivity contribution is -0.385. The number of nitrogens with zero attached hydrogens (tertiary/aromatic N) is 6. The maximum atomic E-state index is 12.5. The van der Waals surface area contributed by atoms with Gasteiger partial charge in [0.1, 0.15) is 12.4 Å². The summed E-state index contributed by atoms with van der Waals surface area (Å²) < 4.78 is 4.07. The smallest absolute Gasteiger partial charge is 0.306 e. The SMILES string of the molecule is CCn1cc(Br)c(CN(C)C(=O)C(C)Cn2cc([N+](=O)[O-])cn2)n1. The Morgan fingerprint density at radius 2 is 2.17 bits per heavy atom. The van der Waals surface area contributed by atoms with Gasteiger partial charge in [-0.2, -0.15) is 10.2 Å². The second-order valence-corrected chi connectivity index (χ2v) is 6.41. The second-order valence-electron chi connectivity index (χ2n) is 5.55. The van der Waals surface area contributed by atoms with E-state index in [0.29, 0.717) is 6.54 Å². The molecule has 0 N–H and O–H groups in total. The third kappa shape index (κ3) is 4.19. The minimum atomic E-state index is -0.510. The highest BCUT2D eigenvalue weighted by Crippen LogP contribution is 2.18. The van der Waals surface area contributed by atoms with Gasteiger partial charge in [-0.25, -0.2) is 0 Å². The van der Waals surface area contributed by atoms with Gasteiger partial charge in [-0.05, 0) is 22.9 Å². The van der Waals surface area contributed by atoms with Gasteiger partial charge in [0.05, 0.1) is 34.1 Å². The highest BCUT2D eigenvalue weighted by Gasteiger charge is 2.21. The summed E-state index contributed by atoms with van der Waals surface area (Å²) >= 11 is 3.44. The average molecular weight is 399 g/mol. The van der Waals surface area contributed by atoms with Crippen molar-refractivity contribution in [3.05, 3.63) is 38.9 Å². The molecule has 0 fully saturated rings. The molecule has 0 spiro atoms. The number of halogens is 1. The highest BCUT2D eigenvalue weighted by atomic mass is 79.9. The molecule has 0 aliphatic heterocycles. The molecule has 0 saturated heterocycles. The molecule has 0 bridgehead atoms. The van der Waals surface area contributed by atoms with E-state index >= 15 is 0 Å². The molecule has 130 valence electrons. The van der Waals surface area contributed by atoms with E-state index in [1.165, 1.54) is 17.1 Å². The number of rotatable bonds is 7. The molecule has 2 aromatic rings. The summed E-state index contributed by atoms with van der Waals surface area (Å²) in [6, 6.07) is 0. The lowest BCUT2D eigenvalue weighted by Gasteiger charge is -2.20. The number of nitro groups is 1.